The minimum Gasteiger partial charge on any atom is -0.508 e. The van der Waals surface area contributed by atoms with E-state index in [0.717, 1.165) is 5.56 Å². The molecule has 1 aromatic rings. The predicted molar refractivity (Wildman–Crippen MR) is 71.4 cm³/mol. The van der Waals surface area contributed by atoms with E-state index in [1.807, 2.05) is 0 Å². The molecule has 0 atom stereocenters. The summed E-state index contributed by atoms with van der Waals surface area (Å²) in [6.07, 6.45) is 2.22. The maximum Gasteiger partial charge on any atom is 0.274 e. The molecule has 6 nitrogen and oxygen atoms in total. The number of hydrogen-bond acceptors (Lipinski definition) is 4. The van der Waals surface area contributed by atoms with Crippen molar-refractivity contribution in [2.24, 2.45) is 4.99 Å². The minimum absolute atomic E-state index is 0.0704. The largest absolute Gasteiger partial charge is 0.508 e. The molecule has 1 aliphatic rings. The molecule has 0 spiro atoms. The fourth-order valence-electron chi connectivity index (χ4n) is 1.57. The van der Waals surface area contributed by atoms with E-state index in [9.17, 15) is 9.90 Å². The maximum absolute atomic E-state index is 11.7. The molecule has 1 amide bonds. The number of benzene rings is 1. The van der Waals surface area contributed by atoms with Crippen LogP contribution in [0.5, 0.6) is 5.75 Å². The monoisotopic (exact) mass is 261 g/mol. The van der Waals surface area contributed by atoms with Gasteiger partial charge in [0.25, 0.3) is 5.91 Å². The highest BCUT2D eigenvalue weighted by Crippen LogP contribution is 2.13. The third-order valence-electron chi connectivity index (χ3n) is 2.52. The zero-order valence-corrected chi connectivity index (χ0v) is 10.3. The second-order valence-electron chi connectivity index (χ2n) is 4.04. The highest BCUT2D eigenvalue weighted by atomic mass is 16.3. The zero-order valence-electron chi connectivity index (χ0n) is 10.3. The van der Waals surface area contributed by atoms with Gasteiger partial charge in [0, 0.05) is 13.2 Å². The molecular formula is C13H15N3O3. The minimum atomic E-state index is -0.254. The number of carbonyl (C=O) groups excluding carboxylic acids is 1. The number of aliphatic hydroxyl groups is 1. The lowest BCUT2D eigenvalue weighted by Gasteiger charge is -1.98. The average molecular weight is 261 g/mol. The van der Waals surface area contributed by atoms with E-state index >= 15 is 0 Å². The van der Waals surface area contributed by atoms with Crippen LogP contribution in [0.4, 0.5) is 0 Å². The van der Waals surface area contributed by atoms with E-state index in [1.54, 1.807) is 30.3 Å². The number of phenols is 1. The van der Waals surface area contributed by atoms with Gasteiger partial charge in [-0.15, -0.1) is 0 Å². The van der Waals surface area contributed by atoms with E-state index in [0.29, 0.717) is 24.6 Å². The molecule has 0 unspecified atom stereocenters. The van der Waals surface area contributed by atoms with Gasteiger partial charge in [0.2, 0.25) is 5.96 Å². The van der Waals surface area contributed by atoms with E-state index in [1.165, 1.54) is 0 Å². The molecule has 1 aliphatic heterocycles. The van der Waals surface area contributed by atoms with Gasteiger partial charge in [-0.25, -0.2) is 0 Å². The van der Waals surface area contributed by atoms with Crippen LogP contribution >= 0.6 is 0 Å². The summed E-state index contributed by atoms with van der Waals surface area (Å²) < 4.78 is 0. The Morgan fingerprint density at radius 2 is 1.95 bits per heavy atom. The second kappa shape index (κ2) is 6.01. The first-order chi connectivity index (χ1) is 9.19. The Morgan fingerprint density at radius 3 is 2.63 bits per heavy atom. The van der Waals surface area contributed by atoms with Gasteiger partial charge in [0.05, 0.1) is 0 Å². The summed E-state index contributed by atoms with van der Waals surface area (Å²) in [6, 6.07) is 6.52. The van der Waals surface area contributed by atoms with Crippen LogP contribution in [0.25, 0.3) is 6.08 Å². The van der Waals surface area contributed by atoms with E-state index < -0.39 is 0 Å². The van der Waals surface area contributed by atoms with Gasteiger partial charge >= 0.3 is 0 Å². The van der Waals surface area contributed by atoms with Crippen molar-refractivity contribution in [1.29, 1.82) is 0 Å². The normalized spacial score (nSPS) is 18.7. The van der Waals surface area contributed by atoms with Gasteiger partial charge < -0.3 is 15.5 Å². The molecule has 1 fully saturated rings. The Balaban J connectivity index is 2.07. The van der Waals surface area contributed by atoms with E-state index in [2.05, 4.69) is 15.6 Å². The maximum atomic E-state index is 11.7. The predicted octanol–water partition coefficient (Wildman–Crippen LogP) is 0.191. The number of aliphatic imine (C=N–C) groups is 1. The molecule has 1 saturated heterocycles. The standard InChI is InChI=1S/C13H15N3O3/c17-7-1-6-14-13-15-11(12(19)16-13)8-9-2-4-10(18)5-3-9/h2-5,8,17-18H,1,6-7H2,(H2,14,15,16,19)/b11-8-. The van der Waals surface area contributed by atoms with Gasteiger partial charge in [0.15, 0.2) is 0 Å². The third kappa shape index (κ3) is 3.56. The summed E-state index contributed by atoms with van der Waals surface area (Å²) in [5.41, 5.74) is 1.19. The van der Waals surface area contributed by atoms with Crippen LogP contribution in [0.1, 0.15) is 12.0 Å². The molecule has 0 aliphatic carbocycles. The highest BCUT2D eigenvalue weighted by molar-refractivity contribution is 6.15. The van der Waals surface area contributed by atoms with Crippen molar-refractivity contribution >= 4 is 17.9 Å². The third-order valence-corrected chi connectivity index (χ3v) is 2.52. The van der Waals surface area contributed by atoms with Gasteiger partial charge in [0.1, 0.15) is 11.4 Å². The molecule has 100 valence electrons. The fraction of sp³-hybridized carbons (Fsp3) is 0.231. The van der Waals surface area contributed by atoms with E-state index in [4.69, 9.17) is 5.11 Å². The Labute approximate surface area is 110 Å². The van der Waals surface area contributed by atoms with Crippen LogP contribution < -0.4 is 10.6 Å². The van der Waals surface area contributed by atoms with Crippen molar-refractivity contribution in [3.05, 3.63) is 35.5 Å². The summed E-state index contributed by atoms with van der Waals surface area (Å²) in [5.74, 6) is 0.316. The van der Waals surface area contributed by atoms with Crippen molar-refractivity contribution in [2.75, 3.05) is 13.2 Å². The molecule has 0 aromatic heterocycles. The molecule has 19 heavy (non-hydrogen) atoms. The van der Waals surface area contributed by atoms with Crippen LogP contribution in [0, 0.1) is 0 Å². The van der Waals surface area contributed by atoms with Crippen molar-refractivity contribution in [3.63, 3.8) is 0 Å². The summed E-state index contributed by atoms with van der Waals surface area (Å²) >= 11 is 0. The van der Waals surface area contributed by atoms with Crippen molar-refractivity contribution in [2.45, 2.75) is 6.42 Å². The smallest absolute Gasteiger partial charge is 0.274 e. The molecule has 2 rings (SSSR count). The molecule has 0 saturated carbocycles. The second-order valence-corrected chi connectivity index (χ2v) is 4.04. The lowest BCUT2D eigenvalue weighted by Crippen LogP contribution is -2.25. The Kier molecular flexibility index (Phi) is 4.15. The Hall–Kier alpha value is -2.34. The quantitative estimate of drug-likeness (QED) is 0.460. The van der Waals surface area contributed by atoms with Crippen molar-refractivity contribution in [3.8, 4) is 5.75 Å². The fourth-order valence-corrected chi connectivity index (χ4v) is 1.57. The first kappa shape index (κ1) is 13.1. The molecule has 0 radical (unpaired) electrons. The van der Waals surface area contributed by atoms with Gasteiger partial charge in [-0.2, -0.15) is 0 Å². The van der Waals surface area contributed by atoms with E-state index in [-0.39, 0.29) is 18.3 Å². The van der Waals surface area contributed by atoms with Crippen LogP contribution in [0.3, 0.4) is 0 Å². The number of phenolic OH excluding ortho intramolecular Hbond substituents is 1. The number of hydrogen-bond donors (Lipinski definition) is 4. The number of guanidine groups is 1. The molecule has 4 N–H and O–H groups in total. The van der Waals surface area contributed by atoms with Gasteiger partial charge in [-0.1, -0.05) is 12.1 Å². The molecule has 1 aromatic carbocycles. The Bertz CT molecular complexity index is 520. The van der Waals surface area contributed by atoms with Crippen LogP contribution in [-0.4, -0.2) is 35.2 Å². The highest BCUT2D eigenvalue weighted by Gasteiger charge is 2.21. The number of aromatic hydroxyl groups is 1. The molecule has 0 bridgehead atoms. The van der Waals surface area contributed by atoms with Crippen LogP contribution in [0.15, 0.2) is 35.0 Å². The zero-order chi connectivity index (χ0) is 13.7. The summed E-state index contributed by atoms with van der Waals surface area (Å²) in [4.78, 5) is 15.8. The molecular weight excluding hydrogens is 246 g/mol. The topological polar surface area (TPSA) is 94.0 Å². The number of aliphatic hydroxyl groups excluding tert-OH is 1. The van der Waals surface area contributed by atoms with Crippen LogP contribution in [0.2, 0.25) is 0 Å². The lowest BCUT2D eigenvalue weighted by atomic mass is 10.2. The Morgan fingerprint density at radius 1 is 1.21 bits per heavy atom. The summed E-state index contributed by atoms with van der Waals surface area (Å²) in [7, 11) is 0. The SMILES string of the molecule is O=C1NC(=NCCCO)N/C1=C\c1ccc(O)cc1. The number of nitrogens with zero attached hydrogens (tertiary/aromatic N) is 1. The average Bonchev–Trinajstić information content (AvgIpc) is 2.73. The van der Waals surface area contributed by atoms with Crippen LogP contribution in [-0.2, 0) is 4.79 Å². The summed E-state index contributed by atoms with van der Waals surface area (Å²) in [5, 5.41) is 23.3. The van der Waals surface area contributed by atoms with Gasteiger partial charge in [-0.3, -0.25) is 15.1 Å². The number of rotatable bonds is 4. The molecule has 1 heterocycles. The lowest BCUT2D eigenvalue weighted by molar-refractivity contribution is -0.115. The number of amides is 1. The first-order valence-electron chi connectivity index (χ1n) is 5.93. The van der Waals surface area contributed by atoms with Crippen molar-refractivity contribution < 1.29 is 15.0 Å². The first-order valence-corrected chi connectivity index (χ1v) is 5.93. The number of carbonyl (C=O) groups is 1. The van der Waals surface area contributed by atoms with Gasteiger partial charge in [-0.05, 0) is 30.2 Å². The van der Waals surface area contributed by atoms with Crippen molar-refractivity contribution in [1.82, 2.24) is 10.6 Å². The summed E-state index contributed by atoms with van der Waals surface area (Å²) in [6.45, 7) is 0.520. The number of nitrogens with one attached hydrogen (secondary N) is 2. The molecule has 6 heteroatoms.